The van der Waals surface area contributed by atoms with Crippen molar-refractivity contribution >= 4 is 40.7 Å². The second kappa shape index (κ2) is 7.14. The van der Waals surface area contributed by atoms with Crippen molar-refractivity contribution in [1.82, 2.24) is 5.32 Å². The molecule has 1 fully saturated rings. The molecule has 21 heavy (non-hydrogen) atoms. The zero-order valence-electron chi connectivity index (χ0n) is 11.8. The highest BCUT2D eigenvalue weighted by Gasteiger charge is 2.25. The van der Waals surface area contributed by atoms with Gasteiger partial charge in [0.15, 0.2) is 0 Å². The van der Waals surface area contributed by atoms with E-state index in [2.05, 4.69) is 17.6 Å². The minimum atomic E-state index is -0.689. The third kappa shape index (κ3) is 4.35. The highest BCUT2D eigenvalue weighted by molar-refractivity contribution is 6.43. The van der Waals surface area contributed by atoms with E-state index in [0.29, 0.717) is 21.7 Å². The number of amides is 2. The molecule has 0 spiro atoms. The van der Waals surface area contributed by atoms with Gasteiger partial charge in [0.05, 0.1) is 10.0 Å². The molecule has 2 atom stereocenters. The van der Waals surface area contributed by atoms with E-state index in [0.717, 1.165) is 19.3 Å². The summed E-state index contributed by atoms with van der Waals surface area (Å²) in [5.41, 5.74) is 0.446. The number of hydrogen-bond donors (Lipinski definition) is 2. The van der Waals surface area contributed by atoms with E-state index in [1.54, 1.807) is 12.1 Å². The zero-order valence-corrected chi connectivity index (χ0v) is 13.3. The summed E-state index contributed by atoms with van der Waals surface area (Å²) in [5.74, 6) is -0.897. The van der Waals surface area contributed by atoms with Crippen LogP contribution in [0.15, 0.2) is 18.2 Å². The van der Waals surface area contributed by atoms with Gasteiger partial charge in [0, 0.05) is 11.7 Å². The predicted octanol–water partition coefficient (Wildman–Crippen LogP) is 3.63. The van der Waals surface area contributed by atoms with Gasteiger partial charge in [-0.15, -0.1) is 0 Å². The van der Waals surface area contributed by atoms with Gasteiger partial charge >= 0.3 is 11.8 Å². The van der Waals surface area contributed by atoms with Crippen molar-refractivity contribution < 1.29 is 9.59 Å². The van der Waals surface area contributed by atoms with Crippen molar-refractivity contribution in [3.8, 4) is 0 Å². The molecule has 0 bridgehead atoms. The van der Waals surface area contributed by atoms with E-state index >= 15 is 0 Å². The molecule has 114 valence electrons. The second-order valence-corrected chi connectivity index (χ2v) is 6.24. The van der Waals surface area contributed by atoms with E-state index in [4.69, 9.17) is 23.2 Å². The highest BCUT2D eigenvalue weighted by atomic mass is 35.5. The van der Waals surface area contributed by atoms with Crippen LogP contribution in [0, 0.1) is 5.92 Å². The van der Waals surface area contributed by atoms with E-state index in [-0.39, 0.29) is 6.04 Å². The number of halogens is 2. The molecule has 0 saturated heterocycles. The molecular formula is C15H18Cl2N2O2. The highest BCUT2D eigenvalue weighted by Crippen LogP contribution is 2.25. The van der Waals surface area contributed by atoms with Gasteiger partial charge < -0.3 is 10.6 Å². The SMILES string of the molecule is CC1CCCCC1NC(=O)C(=O)Nc1ccc(Cl)c(Cl)c1. The Morgan fingerprint density at radius 2 is 1.81 bits per heavy atom. The van der Waals surface area contributed by atoms with Crippen molar-refractivity contribution in [1.29, 1.82) is 0 Å². The van der Waals surface area contributed by atoms with Crippen LogP contribution in [-0.4, -0.2) is 17.9 Å². The molecule has 0 radical (unpaired) electrons. The summed E-state index contributed by atoms with van der Waals surface area (Å²) in [6, 6.07) is 4.76. The predicted molar refractivity (Wildman–Crippen MR) is 84.7 cm³/mol. The second-order valence-electron chi connectivity index (χ2n) is 5.42. The fraction of sp³-hybridized carbons (Fsp3) is 0.467. The average Bonchev–Trinajstić information content (AvgIpc) is 2.45. The topological polar surface area (TPSA) is 58.2 Å². The Labute approximate surface area is 134 Å². The van der Waals surface area contributed by atoms with Crippen LogP contribution in [0.4, 0.5) is 5.69 Å². The van der Waals surface area contributed by atoms with E-state index in [9.17, 15) is 9.59 Å². The Kier molecular flexibility index (Phi) is 5.48. The van der Waals surface area contributed by atoms with Gasteiger partial charge in [-0.25, -0.2) is 0 Å². The van der Waals surface area contributed by atoms with Crippen LogP contribution < -0.4 is 10.6 Å². The quantitative estimate of drug-likeness (QED) is 0.814. The Morgan fingerprint density at radius 3 is 2.48 bits per heavy atom. The largest absolute Gasteiger partial charge is 0.345 e. The van der Waals surface area contributed by atoms with E-state index < -0.39 is 11.8 Å². The fourth-order valence-electron chi connectivity index (χ4n) is 2.53. The Hall–Kier alpha value is -1.26. The molecule has 2 unspecified atom stereocenters. The standard InChI is InChI=1S/C15H18Cl2N2O2/c1-9-4-2-3-5-13(9)19-15(21)14(20)18-10-6-7-11(16)12(17)8-10/h6-9,13H,2-5H2,1H3,(H,18,20)(H,19,21). The van der Waals surface area contributed by atoms with Gasteiger partial charge in [-0.1, -0.05) is 43.0 Å². The molecule has 1 saturated carbocycles. The Morgan fingerprint density at radius 1 is 1.10 bits per heavy atom. The summed E-state index contributed by atoms with van der Waals surface area (Å²) in [5, 5.41) is 6.05. The van der Waals surface area contributed by atoms with Gasteiger partial charge in [0.1, 0.15) is 0 Å². The fourth-order valence-corrected chi connectivity index (χ4v) is 2.82. The van der Waals surface area contributed by atoms with Gasteiger partial charge in [-0.2, -0.15) is 0 Å². The van der Waals surface area contributed by atoms with Crippen LogP contribution in [0.2, 0.25) is 10.0 Å². The minimum absolute atomic E-state index is 0.0748. The summed E-state index contributed by atoms with van der Waals surface area (Å²) >= 11 is 11.7. The van der Waals surface area contributed by atoms with Gasteiger partial charge in [0.2, 0.25) is 0 Å². The first-order valence-electron chi connectivity index (χ1n) is 7.04. The van der Waals surface area contributed by atoms with Crippen molar-refractivity contribution in [2.45, 2.75) is 38.6 Å². The Bertz CT molecular complexity index is 548. The lowest BCUT2D eigenvalue weighted by molar-refractivity contribution is -0.137. The van der Waals surface area contributed by atoms with Gasteiger partial charge in [-0.05, 0) is 37.0 Å². The van der Waals surface area contributed by atoms with Crippen LogP contribution in [0.3, 0.4) is 0 Å². The molecule has 2 rings (SSSR count). The molecule has 1 aromatic carbocycles. The first-order chi connectivity index (χ1) is 9.97. The third-order valence-electron chi connectivity index (χ3n) is 3.81. The molecule has 0 aromatic heterocycles. The number of carbonyl (C=O) groups is 2. The number of anilines is 1. The van der Waals surface area contributed by atoms with E-state index in [1.807, 2.05) is 0 Å². The van der Waals surface area contributed by atoms with Crippen LogP contribution in [-0.2, 0) is 9.59 Å². The van der Waals surface area contributed by atoms with Crippen LogP contribution >= 0.6 is 23.2 Å². The minimum Gasteiger partial charge on any atom is -0.345 e. The molecule has 2 N–H and O–H groups in total. The number of benzene rings is 1. The monoisotopic (exact) mass is 328 g/mol. The Balaban J connectivity index is 1.93. The molecule has 2 amide bonds. The summed E-state index contributed by atoms with van der Waals surface area (Å²) in [6.45, 7) is 2.10. The summed E-state index contributed by atoms with van der Waals surface area (Å²) < 4.78 is 0. The van der Waals surface area contributed by atoms with Gasteiger partial charge in [-0.3, -0.25) is 9.59 Å². The summed E-state index contributed by atoms with van der Waals surface area (Å²) in [6.07, 6.45) is 4.28. The molecule has 6 heteroatoms. The van der Waals surface area contributed by atoms with Crippen LogP contribution in [0.25, 0.3) is 0 Å². The lowest BCUT2D eigenvalue weighted by Crippen LogP contribution is -2.45. The molecule has 1 aliphatic rings. The maximum absolute atomic E-state index is 11.9. The normalized spacial score (nSPS) is 21.7. The van der Waals surface area contributed by atoms with Crippen molar-refractivity contribution in [3.05, 3.63) is 28.2 Å². The zero-order chi connectivity index (χ0) is 15.4. The van der Waals surface area contributed by atoms with Crippen molar-refractivity contribution in [2.75, 3.05) is 5.32 Å². The van der Waals surface area contributed by atoms with Crippen LogP contribution in [0.1, 0.15) is 32.6 Å². The average molecular weight is 329 g/mol. The number of carbonyl (C=O) groups excluding carboxylic acids is 2. The molecule has 0 aliphatic heterocycles. The van der Waals surface area contributed by atoms with Gasteiger partial charge in [0.25, 0.3) is 0 Å². The molecule has 1 aliphatic carbocycles. The molecule has 1 aromatic rings. The lowest BCUT2D eigenvalue weighted by atomic mass is 9.86. The lowest BCUT2D eigenvalue weighted by Gasteiger charge is -2.29. The smallest absolute Gasteiger partial charge is 0.313 e. The molecule has 4 nitrogen and oxygen atoms in total. The molecular weight excluding hydrogens is 311 g/mol. The van der Waals surface area contributed by atoms with Crippen molar-refractivity contribution in [2.24, 2.45) is 5.92 Å². The van der Waals surface area contributed by atoms with Crippen LogP contribution in [0.5, 0.6) is 0 Å². The number of rotatable bonds is 2. The number of nitrogens with one attached hydrogen (secondary N) is 2. The summed E-state index contributed by atoms with van der Waals surface area (Å²) in [4.78, 5) is 23.8. The first-order valence-corrected chi connectivity index (χ1v) is 7.80. The number of hydrogen-bond acceptors (Lipinski definition) is 2. The third-order valence-corrected chi connectivity index (χ3v) is 4.55. The first kappa shape index (κ1) is 16.1. The summed E-state index contributed by atoms with van der Waals surface area (Å²) in [7, 11) is 0. The van der Waals surface area contributed by atoms with Crippen molar-refractivity contribution in [3.63, 3.8) is 0 Å². The molecule has 0 heterocycles. The van der Waals surface area contributed by atoms with E-state index in [1.165, 1.54) is 12.5 Å². The maximum Gasteiger partial charge on any atom is 0.313 e. The maximum atomic E-state index is 11.9.